The molecule has 2 aliphatic rings. The van der Waals surface area contributed by atoms with Gasteiger partial charge in [-0.2, -0.15) is 0 Å². The summed E-state index contributed by atoms with van der Waals surface area (Å²) < 4.78 is 0. The number of hydrogen-bond acceptors (Lipinski definition) is 9. The number of allylic oxidation sites excluding steroid dienone is 2. The Bertz CT molecular complexity index is 2380. The second-order valence-corrected chi connectivity index (χ2v) is 15.5. The average Bonchev–Trinajstić information content (AvgIpc) is 3.79. The molecule has 3 aromatic heterocycles. The van der Waals surface area contributed by atoms with Crippen LogP contribution < -0.4 is 5.32 Å². The summed E-state index contributed by atoms with van der Waals surface area (Å²) in [5.74, 6) is -10.8. The summed E-state index contributed by atoms with van der Waals surface area (Å²) in [7, 11) is 0. The molecule has 0 spiro atoms. The molecule has 0 unspecified atom stereocenters. The zero-order valence-electron chi connectivity index (χ0n) is 33.0. The van der Waals surface area contributed by atoms with Crippen molar-refractivity contribution >= 4 is 59.9 Å². The van der Waals surface area contributed by atoms with Gasteiger partial charge in [0.25, 0.3) is 0 Å². The van der Waals surface area contributed by atoms with Crippen LogP contribution in [0, 0.1) is 11.3 Å². The largest absolute Gasteiger partial charge is 0.481 e. The fraction of sp³-hybridized carbons (Fsp3) is 0.415. The lowest BCUT2D eigenvalue weighted by Gasteiger charge is -2.30. The molecule has 5 heterocycles. The normalized spacial score (nSPS) is 18.6. The van der Waals surface area contributed by atoms with Crippen molar-refractivity contribution in [3.8, 4) is 0 Å². The smallest absolute Gasteiger partial charge is 0.307 e. The number of aliphatic carboxylic acids is 8. The van der Waals surface area contributed by atoms with Gasteiger partial charge in [0.05, 0.1) is 25.7 Å². The molecule has 0 amide bonds. The predicted octanol–water partition coefficient (Wildman–Crippen LogP) is 3.05. The van der Waals surface area contributed by atoms with Gasteiger partial charge in [-0.15, -0.1) is 0 Å². The molecule has 1 fully saturated rings. The topological polar surface area (TPSA) is 358 Å². The minimum atomic E-state index is -1.41. The number of fused-ring (bicyclic) bond motifs is 8. The number of carboxylic acid groups (broad SMARTS) is 8. The summed E-state index contributed by atoms with van der Waals surface area (Å²) >= 11 is 0. The maximum atomic E-state index is 12.6. The van der Waals surface area contributed by atoms with Crippen LogP contribution in [0.15, 0.2) is 11.4 Å². The van der Waals surface area contributed by atoms with Crippen molar-refractivity contribution in [2.75, 3.05) is 0 Å². The average molecular weight is 851 g/mol. The first-order valence-electron chi connectivity index (χ1n) is 19.3. The van der Waals surface area contributed by atoms with Crippen LogP contribution in [0.5, 0.6) is 0 Å². The maximum absolute atomic E-state index is 12.6. The van der Waals surface area contributed by atoms with E-state index in [9.17, 15) is 79.2 Å². The van der Waals surface area contributed by atoms with Gasteiger partial charge < -0.3 is 61.1 Å². The van der Waals surface area contributed by atoms with E-state index in [-0.39, 0.29) is 94.9 Å². The van der Waals surface area contributed by atoms with E-state index in [1.807, 2.05) is 0 Å². The van der Waals surface area contributed by atoms with Crippen LogP contribution in [-0.4, -0.2) is 104 Å². The molecule has 61 heavy (non-hydrogen) atoms. The van der Waals surface area contributed by atoms with Crippen LogP contribution >= 0.6 is 0 Å². The molecule has 326 valence electrons. The molecule has 1 saturated heterocycles. The SMILES string of the molecule is C[C@@]1(CC(=O)O)/C2=C/c3[nH]c(c(CCC(=O)O)c3CC(=O)O)Cc3[nH]c(c(CC(=O)O)c3CCC(=O)O)Cc3[nH]c(c(CC(=O)O)c3CCC(=O)O)/C=C(\N2)[C@H]1CCC(=O)O. The Kier molecular flexibility index (Phi) is 13.6. The monoisotopic (exact) mass is 850 g/mol. The van der Waals surface area contributed by atoms with Gasteiger partial charge in [0, 0.05) is 95.4 Å². The zero-order valence-corrected chi connectivity index (χ0v) is 33.0. The van der Waals surface area contributed by atoms with E-state index in [4.69, 9.17) is 0 Å². The third-order valence-electron chi connectivity index (χ3n) is 11.3. The minimum absolute atomic E-state index is 0.118. The van der Waals surface area contributed by atoms with Crippen molar-refractivity contribution in [2.45, 2.75) is 96.8 Å². The van der Waals surface area contributed by atoms with Gasteiger partial charge in [-0.25, -0.2) is 0 Å². The molecule has 5 rings (SSSR count). The Morgan fingerprint density at radius 3 is 1.33 bits per heavy atom. The Labute approximate surface area is 346 Å². The second kappa shape index (κ2) is 18.4. The standard InChI is InChI=1S/C41H46N4O16/c1-41(17-40(60)61)24(5-9-36(52)53)31-15-29-22(11-38(56)57)19(3-7-34(48)49)27(43-29)14-28-21(10-37(54)55)18(2-6-33(46)47)25(42-28)13-26-20(4-8-35(50)51)23(12-39(58)59)30(44-26)16-32(41)45-31/h15-16,24,42-45H,2-14,17H2,1H3,(H,46,47)(H,48,49)(H,50,51)(H,52,53)(H,54,55)(H,56,57)(H,58,59)(H,60,61)/b31-15-,32-16-/t24-,41+/m1/s1. The summed E-state index contributed by atoms with van der Waals surface area (Å²) in [4.78, 5) is 107. The highest BCUT2D eigenvalue weighted by molar-refractivity contribution is 5.78. The Morgan fingerprint density at radius 2 is 0.902 bits per heavy atom. The number of aromatic amines is 3. The molecular weight excluding hydrogens is 804 g/mol. The van der Waals surface area contributed by atoms with E-state index in [1.165, 1.54) is 12.2 Å². The number of aromatic nitrogens is 3. The first-order valence-corrected chi connectivity index (χ1v) is 19.3. The molecule has 2 atom stereocenters. The van der Waals surface area contributed by atoms with Crippen LogP contribution in [0.4, 0.5) is 0 Å². The zero-order chi connectivity index (χ0) is 44.9. The van der Waals surface area contributed by atoms with Crippen molar-refractivity contribution < 1.29 is 79.2 Å². The number of nitrogens with one attached hydrogen (secondary N) is 4. The van der Waals surface area contributed by atoms with Crippen LogP contribution in [0.25, 0.3) is 12.2 Å². The third kappa shape index (κ3) is 10.6. The Balaban J connectivity index is 1.95. The van der Waals surface area contributed by atoms with Crippen molar-refractivity contribution in [2.24, 2.45) is 11.3 Å². The van der Waals surface area contributed by atoms with Gasteiger partial charge in [-0.05, 0) is 71.2 Å². The van der Waals surface area contributed by atoms with Crippen molar-refractivity contribution in [1.82, 2.24) is 20.3 Å². The van der Waals surface area contributed by atoms with Crippen LogP contribution in [-0.2, 0) is 89.7 Å². The van der Waals surface area contributed by atoms with Crippen LogP contribution in [0.1, 0.15) is 113 Å². The Hall–Kier alpha value is -7.12. The Morgan fingerprint density at radius 1 is 0.508 bits per heavy atom. The van der Waals surface area contributed by atoms with E-state index in [0.29, 0.717) is 22.5 Å². The molecule has 12 N–H and O–H groups in total. The molecule has 8 bridgehead atoms. The quantitative estimate of drug-likeness (QED) is 0.0777. The summed E-state index contributed by atoms with van der Waals surface area (Å²) in [6.07, 6.45) is -2.11. The van der Waals surface area contributed by atoms with E-state index < -0.39 is 110 Å². The minimum Gasteiger partial charge on any atom is -0.481 e. The molecule has 0 aliphatic carbocycles. The first kappa shape index (κ1) is 45.0. The number of H-pyrrole nitrogens is 3. The lowest BCUT2D eigenvalue weighted by Crippen LogP contribution is -2.28. The second-order valence-electron chi connectivity index (χ2n) is 15.5. The van der Waals surface area contributed by atoms with Gasteiger partial charge in [0.15, 0.2) is 0 Å². The summed E-state index contributed by atoms with van der Waals surface area (Å²) in [6.45, 7) is 1.59. The van der Waals surface area contributed by atoms with E-state index in [1.54, 1.807) is 6.92 Å². The predicted molar refractivity (Wildman–Crippen MR) is 210 cm³/mol. The van der Waals surface area contributed by atoms with Crippen LogP contribution in [0.2, 0.25) is 0 Å². The number of carbonyl (C=O) groups is 8. The number of carboxylic acids is 8. The summed E-state index contributed by atoms with van der Waals surface area (Å²) in [5.41, 5.74) is 1.95. The molecule has 2 aliphatic heterocycles. The summed E-state index contributed by atoms with van der Waals surface area (Å²) in [6, 6.07) is 0. The lowest BCUT2D eigenvalue weighted by atomic mass is 9.71. The highest BCUT2D eigenvalue weighted by Gasteiger charge is 2.48. The highest BCUT2D eigenvalue weighted by Crippen LogP contribution is 2.51. The van der Waals surface area contributed by atoms with Crippen molar-refractivity contribution in [3.05, 3.63) is 78.9 Å². The fourth-order valence-electron chi connectivity index (χ4n) is 8.72. The van der Waals surface area contributed by atoms with Crippen molar-refractivity contribution in [3.63, 3.8) is 0 Å². The fourth-order valence-corrected chi connectivity index (χ4v) is 8.72. The van der Waals surface area contributed by atoms with Gasteiger partial charge in [-0.3, -0.25) is 38.4 Å². The van der Waals surface area contributed by atoms with E-state index in [2.05, 4.69) is 20.3 Å². The highest BCUT2D eigenvalue weighted by atomic mass is 16.4. The van der Waals surface area contributed by atoms with Gasteiger partial charge in [0.2, 0.25) is 0 Å². The number of rotatable bonds is 20. The third-order valence-corrected chi connectivity index (χ3v) is 11.3. The summed E-state index contributed by atoms with van der Waals surface area (Å²) in [5, 5.41) is 82.6. The molecule has 0 aromatic carbocycles. The van der Waals surface area contributed by atoms with E-state index in [0.717, 1.165) is 0 Å². The molecule has 0 radical (unpaired) electrons. The lowest BCUT2D eigenvalue weighted by molar-refractivity contribution is -0.140. The number of hydrogen-bond donors (Lipinski definition) is 12. The molecule has 20 heteroatoms. The molecule has 20 nitrogen and oxygen atoms in total. The van der Waals surface area contributed by atoms with Crippen molar-refractivity contribution in [1.29, 1.82) is 0 Å². The van der Waals surface area contributed by atoms with Gasteiger partial charge in [-0.1, -0.05) is 6.92 Å². The van der Waals surface area contributed by atoms with Crippen LogP contribution in [0.3, 0.4) is 0 Å². The van der Waals surface area contributed by atoms with Gasteiger partial charge in [0.1, 0.15) is 0 Å². The molecule has 3 aromatic rings. The maximum Gasteiger partial charge on any atom is 0.307 e. The van der Waals surface area contributed by atoms with E-state index >= 15 is 0 Å². The molecule has 0 saturated carbocycles. The van der Waals surface area contributed by atoms with Gasteiger partial charge >= 0.3 is 47.8 Å². The first-order chi connectivity index (χ1) is 28.7. The molecular formula is C41H46N4O16.